The van der Waals surface area contributed by atoms with Crippen molar-refractivity contribution in [2.45, 2.75) is 0 Å². The Kier molecular flexibility index (Phi) is 1.48. The van der Waals surface area contributed by atoms with Crippen LogP contribution in [0.4, 0.5) is 5.82 Å². The van der Waals surface area contributed by atoms with Crippen LogP contribution in [0, 0.1) is 0 Å². The highest BCUT2D eigenvalue weighted by Crippen LogP contribution is 2.02. The van der Waals surface area contributed by atoms with Crippen molar-refractivity contribution in [3.63, 3.8) is 0 Å². The molecule has 5 nitrogen and oxygen atoms in total. The predicted octanol–water partition coefficient (Wildman–Crippen LogP) is 0.244. The highest BCUT2D eigenvalue weighted by atomic mass is 15.1. The first-order valence-corrected chi connectivity index (χ1v) is 3.42. The molecule has 0 fully saturated rings. The average Bonchev–Trinajstić information content (AvgIpc) is 2.56. The minimum atomic E-state index is 0.404. The summed E-state index contributed by atoms with van der Waals surface area (Å²) in [5.41, 5.74) is 5.46. The van der Waals surface area contributed by atoms with Gasteiger partial charge < -0.3 is 5.73 Å². The van der Waals surface area contributed by atoms with E-state index < -0.39 is 0 Å². The quantitative estimate of drug-likeness (QED) is 0.650. The molecule has 2 aromatic heterocycles. The zero-order valence-electron chi connectivity index (χ0n) is 6.25. The van der Waals surface area contributed by atoms with Crippen LogP contribution in [-0.2, 0) is 0 Å². The number of imidazole rings is 1. The van der Waals surface area contributed by atoms with Crippen LogP contribution < -0.4 is 5.73 Å². The lowest BCUT2D eigenvalue weighted by Gasteiger charge is -1.99. The summed E-state index contributed by atoms with van der Waals surface area (Å²) in [6, 6.07) is 0. The lowest BCUT2D eigenvalue weighted by molar-refractivity contribution is 0.975. The van der Waals surface area contributed by atoms with Crippen LogP contribution in [0.1, 0.15) is 0 Å². The van der Waals surface area contributed by atoms with Crippen molar-refractivity contribution in [2.24, 2.45) is 0 Å². The third-order valence-electron chi connectivity index (χ3n) is 1.41. The van der Waals surface area contributed by atoms with Crippen LogP contribution in [0.15, 0.2) is 31.1 Å². The standard InChI is InChI=1S/C7H7N5/c8-6-3-10-4-7(11-6)12-2-1-9-5-12/h1-5H,(H2,8,11). The molecule has 2 N–H and O–H groups in total. The van der Waals surface area contributed by atoms with Crippen molar-refractivity contribution < 1.29 is 0 Å². The van der Waals surface area contributed by atoms with Crippen LogP contribution in [0.2, 0.25) is 0 Å². The number of nitrogen functional groups attached to an aromatic ring is 1. The number of aromatic nitrogens is 4. The van der Waals surface area contributed by atoms with Gasteiger partial charge >= 0.3 is 0 Å². The summed E-state index contributed by atoms with van der Waals surface area (Å²) in [5.74, 6) is 1.08. The molecule has 0 radical (unpaired) electrons. The molecule has 0 atom stereocenters. The number of nitrogens with zero attached hydrogens (tertiary/aromatic N) is 4. The molecule has 0 bridgehead atoms. The minimum absolute atomic E-state index is 0.404. The van der Waals surface area contributed by atoms with Crippen molar-refractivity contribution in [1.29, 1.82) is 0 Å². The van der Waals surface area contributed by atoms with Gasteiger partial charge in [0.2, 0.25) is 0 Å². The molecule has 0 saturated carbocycles. The first-order valence-electron chi connectivity index (χ1n) is 3.42. The Labute approximate surface area is 68.9 Å². The van der Waals surface area contributed by atoms with Crippen LogP contribution in [0.3, 0.4) is 0 Å². The molecule has 0 amide bonds. The molecule has 0 aliphatic heterocycles. The summed E-state index contributed by atoms with van der Waals surface area (Å²) < 4.78 is 1.74. The van der Waals surface area contributed by atoms with Gasteiger partial charge in [0.05, 0.1) is 12.4 Å². The molecular weight excluding hydrogens is 154 g/mol. The van der Waals surface area contributed by atoms with Gasteiger partial charge in [-0.1, -0.05) is 0 Å². The lowest BCUT2D eigenvalue weighted by Crippen LogP contribution is -1.98. The number of hydrogen-bond acceptors (Lipinski definition) is 4. The molecule has 0 saturated heterocycles. The fourth-order valence-electron chi connectivity index (χ4n) is 0.889. The van der Waals surface area contributed by atoms with Crippen molar-refractivity contribution in [3.8, 4) is 5.82 Å². The van der Waals surface area contributed by atoms with E-state index in [-0.39, 0.29) is 0 Å². The fraction of sp³-hybridized carbons (Fsp3) is 0. The van der Waals surface area contributed by atoms with Gasteiger partial charge in [0.1, 0.15) is 12.1 Å². The molecule has 2 heterocycles. The van der Waals surface area contributed by atoms with Crippen LogP contribution in [-0.4, -0.2) is 19.5 Å². The van der Waals surface area contributed by atoms with Gasteiger partial charge in [0, 0.05) is 12.4 Å². The van der Waals surface area contributed by atoms with Gasteiger partial charge in [-0.3, -0.25) is 9.55 Å². The second kappa shape index (κ2) is 2.61. The lowest BCUT2D eigenvalue weighted by atomic mass is 10.6. The van der Waals surface area contributed by atoms with E-state index in [1.165, 1.54) is 6.20 Å². The molecule has 60 valence electrons. The van der Waals surface area contributed by atoms with Gasteiger partial charge in [-0.25, -0.2) is 9.97 Å². The molecule has 5 heteroatoms. The van der Waals surface area contributed by atoms with E-state index in [4.69, 9.17) is 5.73 Å². The Bertz CT molecular complexity index is 367. The zero-order valence-corrected chi connectivity index (χ0v) is 6.25. The summed E-state index contributed by atoms with van der Waals surface area (Å²) in [7, 11) is 0. The van der Waals surface area contributed by atoms with E-state index in [0.717, 1.165) is 0 Å². The first kappa shape index (κ1) is 6.78. The Balaban J connectivity index is 2.48. The van der Waals surface area contributed by atoms with E-state index in [0.29, 0.717) is 11.6 Å². The summed E-state index contributed by atoms with van der Waals surface area (Å²) in [4.78, 5) is 11.8. The van der Waals surface area contributed by atoms with Crippen molar-refractivity contribution >= 4 is 5.82 Å². The molecule has 0 aliphatic rings. The largest absolute Gasteiger partial charge is 0.382 e. The molecule has 2 rings (SSSR count). The van der Waals surface area contributed by atoms with Crippen LogP contribution in [0.25, 0.3) is 5.82 Å². The SMILES string of the molecule is Nc1cncc(-n2ccnc2)n1. The van der Waals surface area contributed by atoms with Crippen LogP contribution in [0.5, 0.6) is 0 Å². The average molecular weight is 161 g/mol. The maximum atomic E-state index is 5.46. The van der Waals surface area contributed by atoms with Gasteiger partial charge in [0.25, 0.3) is 0 Å². The molecule has 0 aromatic carbocycles. The zero-order chi connectivity index (χ0) is 8.39. The monoisotopic (exact) mass is 161 g/mol. The molecule has 0 spiro atoms. The highest BCUT2D eigenvalue weighted by molar-refractivity contribution is 5.30. The van der Waals surface area contributed by atoms with Gasteiger partial charge in [-0.2, -0.15) is 0 Å². The number of hydrogen-bond donors (Lipinski definition) is 1. The Morgan fingerprint density at radius 3 is 2.83 bits per heavy atom. The normalized spacial score (nSPS) is 10.0. The predicted molar refractivity (Wildman–Crippen MR) is 43.6 cm³/mol. The molecule has 0 aliphatic carbocycles. The highest BCUT2D eigenvalue weighted by Gasteiger charge is 1.96. The summed E-state index contributed by atoms with van der Waals surface area (Å²) in [5, 5.41) is 0. The van der Waals surface area contributed by atoms with Crippen molar-refractivity contribution in [3.05, 3.63) is 31.1 Å². The summed E-state index contributed by atoms with van der Waals surface area (Å²) in [6.45, 7) is 0. The summed E-state index contributed by atoms with van der Waals surface area (Å²) in [6.07, 6.45) is 8.22. The number of nitrogens with two attached hydrogens (primary N) is 1. The fourth-order valence-corrected chi connectivity index (χ4v) is 0.889. The third-order valence-corrected chi connectivity index (χ3v) is 1.41. The molecule has 2 aromatic rings. The molecule has 12 heavy (non-hydrogen) atoms. The third kappa shape index (κ3) is 1.12. The van der Waals surface area contributed by atoms with E-state index in [1.807, 2.05) is 0 Å². The van der Waals surface area contributed by atoms with Gasteiger partial charge in [-0.15, -0.1) is 0 Å². The van der Waals surface area contributed by atoms with E-state index in [2.05, 4.69) is 15.0 Å². The van der Waals surface area contributed by atoms with Crippen molar-refractivity contribution in [1.82, 2.24) is 19.5 Å². The Morgan fingerprint density at radius 1 is 1.25 bits per heavy atom. The first-order chi connectivity index (χ1) is 5.86. The Morgan fingerprint density at radius 2 is 2.17 bits per heavy atom. The maximum Gasteiger partial charge on any atom is 0.158 e. The number of anilines is 1. The van der Waals surface area contributed by atoms with Gasteiger partial charge in [0.15, 0.2) is 5.82 Å². The smallest absolute Gasteiger partial charge is 0.158 e. The maximum absolute atomic E-state index is 5.46. The van der Waals surface area contributed by atoms with Gasteiger partial charge in [-0.05, 0) is 0 Å². The topological polar surface area (TPSA) is 69.6 Å². The number of rotatable bonds is 1. The second-order valence-electron chi connectivity index (χ2n) is 2.27. The van der Waals surface area contributed by atoms with E-state index in [1.54, 1.807) is 29.5 Å². The molecule has 0 unspecified atom stereocenters. The minimum Gasteiger partial charge on any atom is -0.382 e. The summed E-state index contributed by atoms with van der Waals surface area (Å²) >= 11 is 0. The van der Waals surface area contributed by atoms with Crippen LogP contribution >= 0.6 is 0 Å². The second-order valence-corrected chi connectivity index (χ2v) is 2.27. The molecular formula is C7H7N5. The van der Waals surface area contributed by atoms with Crippen molar-refractivity contribution in [2.75, 3.05) is 5.73 Å². The van der Waals surface area contributed by atoms with E-state index >= 15 is 0 Å². The Hall–Kier alpha value is -1.91. The van der Waals surface area contributed by atoms with E-state index in [9.17, 15) is 0 Å².